The Bertz CT molecular complexity index is 426. The number of hydrogen-bond acceptors (Lipinski definition) is 5. The van der Waals surface area contributed by atoms with Crippen molar-refractivity contribution in [3.8, 4) is 0 Å². The Kier molecular flexibility index (Phi) is 5.73. The molecule has 2 N–H and O–H groups in total. The summed E-state index contributed by atoms with van der Waals surface area (Å²) in [4.78, 5) is 8.84. The smallest absolute Gasteiger partial charge is 0.156 e. The molecule has 0 radical (unpaired) electrons. The Hall–Kier alpha value is -1.20. The molecule has 0 aliphatic heterocycles. The molecule has 1 aliphatic rings. The number of ether oxygens (including phenoxy) is 1. The van der Waals surface area contributed by atoms with Crippen LogP contribution in [-0.4, -0.2) is 34.8 Å². The Labute approximate surface area is 120 Å². The standard InChI is InChI=1S/C15H25N3O2/c1-11-8-14(18-15(16-11)10-20-2)17-13-7-5-3-4-6-12(13)9-19/h8,12-13,19H,3-7,9-10H2,1-2H3,(H,16,17,18)/t12-,13-/m0/s1. The average molecular weight is 279 g/mol. The van der Waals surface area contributed by atoms with Crippen LogP contribution in [0.5, 0.6) is 0 Å². The van der Waals surface area contributed by atoms with Gasteiger partial charge < -0.3 is 15.2 Å². The van der Waals surface area contributed by atoms with E-state index in [4.69, 9.17) is 4.74 Å². The van der Waals surface area contributed by atoms with Crippen LogP contribution in [0.25, 0.3) is 0 Å². The molecule has 0 amide bonds. The molecule has 112 valence electrons. The van der Waals surface area contributed by atoms with Gasteiger partial charge in [-0.15, -0.1) is 0 Å². The predicted octanol–water partition coefficient (Wildman–Crippen LogP) is 2.28. The lowest BCUT2D eigenvalue weighted by molar-refractivity contribution is 0.177. The molecule has 0 bridgehead atoms. The lowest BCUT2D eigenvalue weighted by atomic mass is 9.95. The molecule has 1 aliphatic carbocycles. The molecule has 1 aromatic rings. The first-order chi connectivity index (χ1) is 9.72. The Morgan fingerprint density at radius 2 is 2.10 bits per heavy atom. The van der Waals surface area contributed by atoms with Crippen LogP contribution in [0.2, 0.25) is 0 Å². The summed E-state index contributed by atoms with van der Waals surface area (Å²) >= 11 is 0. The summed E-state index contributed by atoms with van der Waals surface area (Å²) in [5, 5.41) is 13.1. The number of aromatic nitrogens is 2. The highest BCUT2D eigenvalue weighted by Gasteiger charge is 2.23. The summed E-state index contributed by atoms with van der Waals surface area (Å²) in [7, 11) is 1.64. The van der Waals surface area contributed by atoms with Gasteiger partial charge in [0, 0.05) is 37.4 Å². The summed E-state index contributed by atoms with van der Waals surface area (Å²) in [5.74, 6) is 1.86. The van der Waals surface area contributed by atoms with Gasteiger partial charge in [0.15, 0.2) is 5.82 Å². The highest BCUT2D eigenvalue weighted by Crippen LogP contribution is 2.25. The topological polar surface area (TPSA) is 67.3 Å². The van der Waals surface area contributed by atoms with E-state index in [1.54, 1.807) is 7.11 Å². The monoisotopic (exact) mass is 279 g/mol. The molecule has 1 saturated carbocycles. The zero-order valence-corrected chi connectivity index (χ0v) is 12.4. The summed E-state index contributed by atoms with van der Waals surface area (Å²) in [6, 6.07) is 2.26. The molecule has 20 heavy (non-hydrogen) atoms. The van der Waals surface area contributed by atoms with E-state index in [0.29, 0.717) is 24.4 Å². The minimum atomic E-state index is 0.243. The van der Waals surface area contributed by atoms with E-state index < -0.39 is 0 Å². The second kappa shape index (κ2) is 7.55. The molecule has 2 rings (SSSR count). The van der Waals surface area contributed by atoms with Crippen molar-refractivity contribution in [2.45, 2.75) is 51.7 Å². The maximum atomic E-state index is 9.57. The third-order valence-corrected chi connectivity index (χ3v) is 3.90. The van der Waals surface area contributed by atoms with Crippen molar-refractivity contribution >= 4 is 5.82 Å². The Morgan fingerprint density at radius 3 is 2.85 bits per heavy atom. The van der Waals surface area contributed by atoms with Crippen molar-refractivity contribution in [3.05, 3.63) is 17.6 Å². The van der Waals surface area contributed by atoms with Crippen LogP contribution in [0.1, 0.15) is 43.6 Å². The first kappa shape index (κ1) is 15.2. The molecular formula is C15H25N3O2. The van der Waals surface area contributed by atoms with Gasteiger partial charge in [0.2, 0.25) is 0 Å². The van der Waals surface area contributed by atoms with Crippen molar-refractivity contribution in [2.75, 3.05) is 19.0 Å². The van der Waals surface area contributed by atoms with Crippen LogP contribution >= 0.6 is 0 Å². The van der Waals surface area contributed by atoms with Gasteiger partial charge in [0.05, 0.1) is 0 Å². The Morgan fingerprint density at radius 1 is 1.30 bits per heavy atom. The number of nitrogens with one attached hydrogen (secondary N) is 1. The molecule has 5 nitrogen and oxygen atoms in total. The third-order valence-electron chi connectivity index (χ3n) is 3.90. The molecule has 2 atom stereocenters. The van der Waals surface area contributed by atoms with Gasteiger partial charge in [0.1, 0.15) is 12.4 Å². The molecule has 0 spiro atoms. The van der Waals surface area contributed by atoms with Crippen LogP contribution < -0.4 is 5.32 Å². The van der Waals surface area contributed by atoms with Gasteiger partial charge in [-0.1, -0.05) is 19.3 Å². The highest BCUT2D eigenvalue weighted by molar-refractivity contribution is 5.37. The van der Waals surface area contributed by atoms with E-state index in [2.05, 4.69) is 15.3 Å². The summed E-state index contributed by atoms with van der Waals surface area (Å²) in [6.07, 6.45) is 5.85. The van der Waals surface area contributed by atoms with Crippen LogP contribution in [0.3, 0.4) is 0 Å². The molecule has 0 aromatic carbocycles. The van der Waals surface area contributed by atoms with E-state index in [9.17, 15) is 5.11 Å². The molecule has 5 heteroatoms. The lowest BCUT2D eigenvalue weighted by Gasteiger charge is -2.25. The van der Waals surface area contributed by atoms with Gasteiger partial charge in [-0.05, 0) is 19.8 Å². The quantitative estimate of drug-likeness (QED) is 0.809. The van der Waals surface area contributed by atoms with Crippen molar-refractivity contribution in [2.24, 2.45) is 5.92 Å². The SMILES string of the molecule is COCc1nc(C)cc(N[C@H]2CCCCC[C@H]2CO)n1. The average Bonchev–Trinajstić information content (AvgIpc) is 2.63. The molecule has 0 saturated heterocycles. The van der Waals surface area contributed by atoms with Crippen LogP contribution in [0.15, 0.2) is 6.07 Å². The first-order valence-electron chi connectivity index (χ1n) is 7.44. The van der Waals surface area contributed by atoms with Crippen molar-refractivity contribution in [1.29, 1.82) is 0 Å². The minimum Gasteiger partial charge on any atom is -0.396 e. The van der Waals surface area contributed by atoms with Crippen LogP contribution in [0.4, 0.5) is 5.82 Å². The zero-order valence-electron chi connectivity index (χ0n) is 12.4. The maximum absolute atomic E-state index is 9.57. The largest absolute Gasteiger partial charge is 0.396 e. The van der Waals surface area contributed by atoms with Crippen molar-refractivity contribution in [1.82, 2.24) is 9.97 Å². The van der Waals surface area contributed by atoms with Gasteiger partial charge in [0.25, 0.3) is 0 Å². The number of aliphatic hydroxyl groups excluding tert-OH is 1. The third kappa shape index (κ3) is 4.15. The Balaban J connectivity index is 2.10. The summed E-state index contributed by atoms with van der Waals surface area (Å²) < 4.78 is 5.10. The summed E-state index contributed by atoms with van der Waals surface area (Å²) in [5.41, 5.74) is 0.934. The molecule has 1 fully saturated rings. The number of rotatable bonds is 5. The lowest BCUT2D eigenvalue weighted by Crippen LogP contribution is -2.31. The van der Waals surface area contributed by atoms with E-state index >= 15 is 0 Å². The van der Waals surface area contributed by atoms with Gasteiger partial charge in [-0.2, -0.15) is 0 Å². The number of aliphatic hydroxyl groups is 1. The second-order valence-corrected chi connectivity index (χ2v) is 5.58. The fourth-order valence-corrected chi connectivity index (χ4v) is 2.88. The fraction of sp³-hybridized carbons (Fsp3) is 0.733. The van der Waals surface area contributed by atoms with Crippen molar-refractivity contribution < 1.29 is 9.84 Å². The molecule has 0 unspecified atom stereocenters. The van der Waals surface area contributed by atoms with Gasteiger partial charge in [-0.25, -0.2) is 9.97 Å². The second-order valence-electron chi connectivity index (χ2n) is 5.58. The minimum absolute atomic E-state index is 0.243. The number of methoxy groups -OCH3 is 1. The summed E-state index contributed by atoms with van der Waals surface area (Å²) in [6.45, 7) is 2.62. The number of anilines is 1. The fourth-order valence-electron chi connectivity index (χ4n) is 2.88. The van der Waals surface area contributed by atoms with E-state index in [1.165, 1.54) is 19.3 Å². The maximum Gasteiger partial charge on any atom is 0.156 e. The molecule has 1 heterocycles. The van der Waals surface area contributed by atoms with E-state index in [0.717, 1.165) is 24.4 Å². The van der Waals surface area contributed by atoms with E-state index in [-0.39, 0.29) is 6.61 Å². The predicted molar refractivity (Wildman–Crippen MR) is 78.6 cm³/mol. The zero-order chi connectivity index (χ0) is 14.4. The molecule has 1 aromatic heterocycles. The number of nitrogens with zero attached hydrogens (tertiary/aromatic N) is 2. The first-order valence-corrected chi connectivity index (χ1v) is 7.44. The number of hydrogen-bond donors (Lipinski definition) is 2. The van der Waals surface area contributed by atoms with Crippen LogP contribution in [-0.2, 0) is 11.3 Å². The number of aryl methyl sites for hydroxylation is 1. The molecular weight excluding hydrogens is 254 g/mol. The highest BCUT2D eigenvalue weighted by atomic mass is 16.5. The van der Waals surface area contributed by atoms with Crippen molar-refractivity contribution in [3.63, 3.8) is 0 Å². The van der Waals surface area contributed by atoms with Gasteiger partial charge >= 0.3 is 0 Å². The van der Waals surface area contributed by atoms with E-state index in [1.807, 2.05) is 13.0 Å². The van der Waals surface area contributed by atoms with Crippen LogP contribution in [0, 0.1) is 12.8 Å². The van der Waals surface area contributed by atoms with Gasteiger partial charge in [-0.3, -0.25) is 0 Å². The normalized spacial score (nSPS) is 23.4.